The second-order valence-corrected chi connectivity index (χ2v) is 5.28. The minimum absolute atomic E-state index is 0.137. The van der Waals surface area contributed by atoms with Crippen LogP contribution in [-0.4, -0.2) is 12.7 Å². The summed E-state index contributed by atoms with van der Waals surface area (Å²) in [6.07, 6.45) is -0.442. The van der Waals surface area contributed by atoms with Crippen molar-refractivity contribution in [2.24, 2.45) is 0 Å². The lowest BCUT2D eigenvalue weighted by atomic mass is 10.1. The van der Waals surface area contributed by atoms with Gasteiger partial charge in [-0.05, 0) is 55.8 Å². The van der Waals surface area contributed by atoms with E-state index in [2.05, 4.69) is 17.6 Å². The third-order valence-corrected chi connectivity index (χ3v) is 3.41. The summed E-state index contributed by atoms with van der Waals surface area (Å²) in [5.74, 6) is 0. The molecule has 4 nitrogen and oxygen atoms in total. The quantitative estimate of drug-likeness (QED) is 0.808. The molecule has 0 aliphatic heterocycles. The van der Waals surface area contributed by atoms with Gasteiger partial charge in [0.2, 0.25) is 0 Å². The summed E-state index contributed by atoms with van der Waals surface area (Å²) in [4.78, 5) is 11.3. The van der Waals surface area contributed by atoms with E-state index in [9.17, 15) is 4.79 Å². The highest BCUT2D eigenvalue weighted by atomic mass is 35.5. The van der Waals surface area contributed by atoms with Crippen molar-refractivity contribution >= 4 is 29.1 Å². The van der Waals surface area contributed by atoms with E-state index in [1.807, 2.05) is 48.5 Å². The van der Waals surface area contributed by atoms with Crippen molar-refractivity contribution in [2.75, 3.05) is 17.2 Å². The number of benzene rings is 2. The van der Waals surface area contributed by atoms with Crippen LogP contribution >= 0.6 is 11.6 Å². The molecule has 0 saturated carbocycles. The molecule has 0 bridgehead atoms. The van der Waals surface area contributed by atoms with Crippen LogP contribution in [0, 0.1) is 0 Å². The fourth-order valence-corrected chi connectivity index (χ4v) is 2.15. The van der Waals surface area contributed by atoms with E-state index in [1.165, 1.54) is 0 Å². The van der Waals surface area contributed by atoms with Crippen LogP contribution in [0.1, 0.15) is 25.5 Å². The number of carbonyl (C=O) groups excluding carboxylic acids is 1. The lowest BCUT2D eigenvalue weighted by Gasteiger charge is -2.16. The van der Waals surface area contributed by atoms with E-state index < -0.39 is 6.09 Å². The molecule has 5 heteroatoms. The van der Waals surface area contributed by atoms with Crippen LogP contribution in [-0.2, 0) is 4.74 Å². The predicted octanol–water partition coefficient (Wildman–Crippen LogP) is 5.08. The summed E-state index contributed by atoms with van der Waals surface area (Å²) in [7, 11) is 0. The number of halogens is 1. The zero-order chi connectivity index (χ0) is 15.9. The molecule has 2 aromatic carbocycles. The monoisotopic (exact) mass is 318 g/mol. The van der Waals surface area contributed by atoms with Crippen molar-refractivity contribution < 1.29 is 9.53 Å². The SMILES string of the molecule is CCOC(=O)Nc1ccc(C(C)Nc2ccc(Cl)cc2)cc1. The van der Waals surface area contributed by atoms with Crippen LogP contribution in [0.25, 0.3) is 0 Å². The maximum Gasteiger partial charge on any atom is 0.411 e. The van der Waals surface area contributed by atoms with E-state index in [0.29, 0.717) is 17.3 Å². The first-order valence-electron chi connectivity index (χ1n) is 7.14. The van der Waals surface area contributed by atoms with E-state index >= 15 is 0 Å². The molecule has 0 heterocycles. The fourth-order valence-electron chi connectivity index (χ4n) is 2.02. The minimum atomic E-state index is -0.442. The second kappa shape index (κ2) is 7.71. The molecule has 0 saturated heterocycles. The highest BCUT2D eigenvalue weighted by Crippen LogP contribution is 2.22. The Hall–Kier alpha value is -2.20. The zero-order valence-electron chi connectivity index (χ0n) is 12.6. The molecule has 0 radical (unpaired) electrons. The Labute approximate surface area is 135 Å². The van der Waals surface area contributed by atoms with Crippen LogP contribution in [0.4, 0.5) is 16.2 Å². The van der Waals surface area contributed by atoms with Crippen molar-refractivity contribution in [3.05, 3.63) is 59.1 Å². The Morgan fingerprint density at radius 1 is 1.09 bits per heavy atom. The number of amides is 1. The summed E-state index contributed by atoms with van der Waals surface area (Å²) in [6.45, 7) is 4.20. The lowest BCUT2D eigenvalue weighted by molar-refractivity contribution is 0.168. The van der Waals surface area contributed by atoms with Gasteiger partial charge in [0.05, 0.1) is 6.61 Å². The van der Waals surface area contributed by atoms with E-state index in [0.717, 1.165) is 11.3 Å². The van der Waals surface area contributed by atoms with E-state index in [-0.39, 0.29) is 6.04 Å². The topological polar surface area (TPSA) is 50.4 Å². The van der Waals surface area contributed by atoms with Gasteiger partial charge in [-0.1, -0.05) is 23.7 Å². The normalized spacial score (nSPS) is 11.6. The maximum atomic E-state index is 11.3. The van der Waals surface area contributed by atoms with Crippen molar-refractivity contribution in [1.82, 2.24) is 0 Å². The van der Waals surface area contributed by atoms with Gasteiger partial charge in [-0.25, -0.2) is 4.79 Å². The Kier molecular flexibility index (Phi) is 5.67. The minimum Gasteiger partial charge on any atom is -0.450 e. The van der Waals surface area contributed by atoms with Gasteiger partial charge >= 0.3 is 6.09 Å². The molecule has 2 rings (SSSR count). The van der Waals surface area contributed by atoms with Crippen LogP contribution in [0.15, 0.2) is 48.5 Å². The summed E-state index contributed by atoms with van der Waals surface area (Å²) in [5.41, 5.74) is 2.83. The first-order valence-corrected chi connectivity index (χ1v) is 7.52. The third kappa shape index (κ3) is 4.67. The number of anilines is 2. The summed E-state index contributed by atoms with van der Waals surface area (Å²) >= 11 is 5.87. The number of carbonyl (C=O) groups is 1. The molecule has 2 aromatic rings. The number of nitrogens with one attached hydrogen (secondary N) is 2. The Balaban J connectivity index is 1.97. The summed E-state index contributed by atoms with van der Waals surface area (Å²) in [6, 6.07) is 15.4. The lowest BCUT2D eigenvalue weighted by Crippen LogP contribution is -2.13. The Morgan fingerprint density at radius 2 is 1.68 bits per heavy atom. The van der Waals surface area contributed by atoms with Gasteiger partial charge in [0.1, 0.15) is 0 Å². The van der Waals surface area contributed by atoms with E-state index in [1.54, 1.807) is 6.92 Å². The molecule has 116 valence electrons. The number of hydrogen-bond acceptors (Lipinski definition) is 3. The number of ether oxygens (including phenoxy) is 1. The first-order chi connectivity index (χ1) is 10.6. The van der Waals surface area contributed by atoms with Crippen LogP contribution < -0.4 is 10.6 Å². The average molecular weight is 319 g/mol. The molecule has 1 atom stereocenters. The van der Waals surface area contributed by atoms with Crippen LogP contribution in [0.2, 0.25) is 5.02 Å². The van der Waals surface area contributed by atoms with Gasteiger partial charge in [-0.3, -0.25) is 5.32 Å². The van der Waals surface area contributed by atoms with E-state index in [4.69, 9.17) is 16.3 Å². The van der Waals surface area contributed by atoms with Gasteiger partial charge < -0.3 is 10.1 Å². The van der Waals surface area contributed by atoms with Crippen molar-refractivity contribution in [3.63, 3.8) is 0 Å². The molecule has 0 aliphatic carbocycles. The molecular formula is C17H19ClN2O2. The van der Waals surface area contributed by atoms with Crippen LogP contribution in [0.3, 0.4) is 0 Å². The van der Waals surface area contributed by atoms with Crippen LogP contribution in [0.5, 0.6) is 0 Å². The third-order valence-electron chi connectivity index (χ3n) is 3.16. The van der Waals surface area contributed by atoms with Gasteiger partial charge in [0, 0.05) is 22.4 Å². The van der Waals surface area contributed by atoms with Gasteiger partial charge in [0.25, 0.3) is 0 Å². The molecule has 22 heavy (non-hydrogen) atoms. The summed E-state index contributed by atoms with van der Waals surface area (Å²) < 4.78 is 4.84. The Morgan fingerprint density at radius 3 is 2.27 bits per heavy atom. The van der Waals surface area contributed by atoms with Gasteiger partial charge in [0.15, 0.2) is 0 Å². The van der Waals surface area contributed by atoms with Crippen molar-refractivity contribution in [1.29, 1.82) is 0 Å². The molecule has 2 N–H and O–H groups in total. The highest BCUT2D eigenvalue weighted by Gasteiger charge is 2.07. The molecule has 0 fully saturated rings. The summed E-state index contributed by atoms with van der Waals surface area (Å²) in [5, 5.41) is 6.78. The number of hydrogen-bond donors (Lipinski definition) is 2. The van der Waals surface area contributed by atoms with Gasteiger partial charge in [-0.2, -0.15) is 0 Å². The molecule has 1 unspecified atom stereocenters. The first kappa shape index (κ1) is 16.2. The predicted molar refractivity (Wildman–Crippen MR) is 90.6 cm³/mol. The molecule has 0 aliphatic rings. The molecule has 0 spiro atoms. The molecule has 1 amide bonds. The van der Waals surface area contributed by atoms with Crippen molar-refractivity contribution in [2.45, 2.75) is 19.9 Å². The second-order valence-electron chi connectivity index (χ2n) is 4.84. The van der Waals surface area contributed by atoms with Crippen molar-refractivity contribution in [3.8, 4) is 0 Å². The largest absolute Gasteiger partial charge is 0.450 e. The Bertz CT molecular complexity index is 612. The average Bonchev–Trinajstić information content (AvgIpc) is 2.50. The smallest absolute Gasteiger partial charge is 0.411 e. The highest BCUT2D eigenvalue weighted by molar-refractivity contribution is 6.30. The zero-order valence-corrected chi connectivity index (χ0v) is 13.4. The molecular weight excluding hydrogens is 300 g/mol. The maximum absolute atomic E-state index is 11.3. The van der Waals surface area contributed by atoms with Gasteiger partial charge in [-0.15, -0.1) is 0 Å². The fraction of sp³-hybridized carbons (Fsp3) is 0.235. The molecule has 0 aromatic heterocycles. The number of rotatable bonds is 5. The standard InChI is InChI=1S/C17H19ClN2O2/c1-3-22-17(21)20-16-8-4-13(5-9-16)12(2)19-15-10-6-14(18)7-11-15/h4-12,19H,3H2,1-2H3,(H,20,21).